The lowest BCUT2D eigenvalue weighted by atomic mass is 10.0. The molecule has 0 aromatic heterocycles. The largest absolute Gasteiger partial charge is 0.494 e. The van der Waals surface area contributed by atoms with Gasteiger partial charge < -0.3 is 4.74 Å². The molecule has 144 valence electrons. The van der Waals surface area contributed by atoms with Crippen LogP contribution in [0.15, 0.2) is 65.7 Å². The van der Waals surface area contributed by atoms with Crippen LogP contribution in [0.5, 0.6) is 5.75 Å². The lowest BCUT2D eigenvalue weighted by Crippen LogP contribution is -1.94. The quantitative estimate of drug-likeness (QED) is 0.273. The highest BCUT2D eigenvalue weighted by Gasteiger charge is 2.11. The Kier molecular flexibility index (Phi) is 6.86. The van der Waals surface area contributed by atoms with Crippen molar-refractivity contribution in [3.63, 3.8) is 0 Å². The molecule has 2 nitrogen and oxygen atoms in total. The molecule has 0 aliphatic heterocycles. The molecule has 0 unspecified atom stereocenters. The number of nitrogens with zero attached hydrogens (tertiary/aromatic N) is 1. The maximum Gasteiger partial charge on any atom is 0.153 e. The van der Waals surface area contributed by atoms with Crippen molar-refractivity contribution in [1.82, 2.24) is 0 Å². The fourth-order valence-electron chi connectivity index (χ4n) is 2.63. The molecule has 0 atom stereocenters. The zero-order valence-corrected chi connectivity index (χ0v) is 16.5. The number of hydrogen-bond acceptors (Lipinski definition) is 3. The van der Waals surface area contributed by atoms with Gasteiger partial charge in [-0.1, -0.05) is 30.9 Å². The number of thiocarbonyl (C=S) groups is 1. The predicted molar refractivity (Wildman–Crippen MR) is 115 cm³/mol. The molecule has 0 amide bonds. The Balaban J connectivity index is 1.76. The van der Waals surface area contributed by atoms with Crippen LogP contribution in [-0.4, -0.2) is 11.8 Å². The van der Waals surface area contributed by atoms with E-state index in [1.165, 1.54) is 12.1 Å². The summed E-state index contributed by atoms with van der Waals surface area (Å²) in [5.41, 5.74) is 2.31. The van der Waals surface area contributed by atoms with Gasteiger partial charge in [0.25, 0.3) is 0 Å². The minimum absolute atomic E-state index is 0.408. The van der Waals surface area contributed by atoms with Gasteiger partial charge in [0.2, 0.25) is 0 Å². The second-order valence-electron chi connectivity index (χ2n) is 6.19. The Morgan fingerprint density at radius 3 is 1.93 bits per heavy atom. The first-order valence-corrected chi connectivity index (χ1v) is 9.43. The normalized spacial score (nSPS) is 9.90. The minimum atomic E-state index is -0.785. The summed E-state index contributed by atoms with van der Waals surface area (Å²) in [5.74, 6) is 5.42. The van der Waals surface area contributed by atoms with E-state index in [1.807, 2.05) is 29.4 Å². The van der Waals surface area contributed by atoms with Crippen molar-refractivity contribution in [3.8, 4) is 28.7 Å². The van der Waals surface area contributed by atoms with Crippen LogP contribution in [0.3, 0.4) is 0 Å². The van der Waals surface area contributed by atoms with Crippen molar-refractivity contribution in [3.05, 3.63) is 83.4 Å². The molecule has 0 spiro atoms. The topological polar surface area (TPSA) is 21.6 Å². The third-order valence-corrected chi connectivity index (χ3v) is 4.16. The molecule has 0 bridgehead atoms. The number of benzene rings is 3. The molecule has 0 N–H and O–H groups in total. The number of aliphatic imine (C=N–C) groups is 1. The molecule has 0 saturated heterocycles. The third kappa shape index (κ3) is 5.36. The standard InChI is InChI=1S/C24H17F2NOS/c1-2-13-28-21-11-7-18(8-12-21)4-3-17-5-9-19(10-6-17)20-14-22(25)24(27-16-29)23(26)15-20/h5-12,14-15H,2,13H2,1H3. The SMILES string of the molecule is CCCOc1ccc(C#Cc2ccc(-c3cc(F)c(N=C=S)c(F)c3)cc2)cc1. The van der Waals surface area contributed by atoms with Gasteiger partial charge in [-0.15, -0.1) is 0 Å². The fraction of sp³-hybridized carbons (Fsp3) is 0.125. The summed E-state index contributed by atoms with van der Waals surface area (Å²) in [4.78, 5) is 3.42. The zero-order valence-electron chi connectivity index (χ0n) is 15.7. The lowest BCUT2D eigenvalue weighted by molar-refractivity contribution is 0.317. The molecule has 0 fully saturated rings. The maximum absolute atomic E-state index is 14.0. The van der Waals surface area contributed by atoms with Gasteiger partial charge in [-0.05, 0) is 78.3 Å². The first-order chi connectivity index (χ1) is 14.1. The summed E-state index contributed by atoms with van der Waals surface area (Å²) in [6.45, 7) is 2.75. The number of halogens is 2. The zero-order chi connectivity index (χ0) is 20.6. The summed E-state index contributed by atoms with van der Waals surface area (Å²) in [6, 6.07) is 17.2. The van der Waals surface area contributed by atoms with Crippen molar-refractivity contribution >= 4 is 23.1 Å². The van der Waals surface area contributed by atoms with E-state index in [9.17, 15) is 8.78 Å². The molecule has 5 heteroatoms. The number of rotatable bonds is 5. The maximum atomic E-state index is 14.0. The van der Waals surface area contributed by atoms with Crippen LogP contribution >= 0.6 is 12.2 Å². The molecule has 29 heavy (non-hydrogen) atoms. The molecule has 0 radical (unpaired) electrons. The summed E-state index contributed by atoms with van der Waals surface area (Å²) in [5, 5.41) is 1.98. The molecule has 3 aromatic carbocycles. The number of ether oxygens (including phenoxy) is 1. The fourth-order valence-corrected chi connectivity index (χ4v) is 2.72. The Bertz CT molecular complexity index is 1080. The molecule has 0 aliphatic carbocycles. The van der Waals surface area contributed by atoms with Gasteiger partial charge in [0.15, 0.2) is 11.6 Å². The Labute approximate surface area is 173 Å². The van der Waals surface area contributed by atoms with Gasteiger partial charge in [-0.2, -0.15) is 4.99 Å². The van der Waals surface area contributed by atoms with Crippen molar-refractivity contribution < 1.29 is 13.5 Å². The van der Waals surface area contributed by atoms with E-state index in [4.69, 9.17) is 4.74 Å². The van der Waals surface area contributed by atoms with Crippen LogP contribution < -0.4 is 4.74 Å². The van der Waals surface area contributed by atoms with Gasteiger partial charge in [0.05, 0.1) is 11.8 Å². The lowest BCUT2D eigenvalue weighted by Gasteiger charge is -2.05. The van der Waals surface area contributed by atoms with Crippen molar-refractivity contribution in [1.29, 1.82) is 0 Å². The van der Waals surface area contributed by atoms with Gasteiger partial charge in [0, 0.05) is 11.1 Å². The summed E-state index contributed by atoms with van der Waals surface area (Å²) in [7, 11) is 0. The minimum Gasteiger partial charge on any atom is -0.494 e. The van der Waals surface area contributed by atoms with E-state index in [2.05, 4.69) is 36.0 Å². The summed E-state index contributed by atoms with van der Waals surface area (Å²) in [6.07, 6.45) is 0.960. The van der Waals surface area contributed by atoms with Crippen LogP contribution in [0.2, 0.25) is 0 Å². The first kappa shape index (κ1) is 20.4. The van der Waals surface area contributed by atoms with Crippen molar-refractivity contribution in [2.45, 2.75) is 13.3 Å². The second-order valence-corrected chi connectivity index (χ2v) is 6.37. The van der Waals surface area contributed by atoms with Crippen LogP contribution in [0.1, 0.15) is 24.5 Å². The van der Waals surface area contributed by atoms with E-state index < -0.39 is 17.3 Å². The molecule has 0 aliphatic rings. The van der Waals surface area contributed by atoms with E-state index in [1.54, 1.807) is 24.3 Å². The van der Waals surface area contributed by atoms with Crippen LogP contribution in [0.4, 0.5) is 14.5 Å². The monoisotopic (exact) mass is 405 g/mol. The molecular formula is C24H17F2NOS. The average molecular weight is 405 g/mol. The molecule has 3 aromatic rings. The Morgan fingerprint density at radius 2 is 1.41 bits per heavy atom. The average Bonchev–Trinajstić information content (AvgIpc) is 2.74. The molecule has 0 heterocycles. The van der Waals surface area contributed by atoms with Crippen LogP contribution in [0, 0.1) is 23.5 Å². The molecule has 0 saturated carbocycles. The highest BCUT2D eigenvalue weighted by Crippen LogP contribution is 2.29. The van der Waals surface area contributed by atoms with Crippen LogP contribution in [-0.2, 0) is 0 Å². The third-order valence-electron chi connectivity index (χ3n) is 4.07. The summed E-state index contributed by atoms with van der Waals surface area (Å²) < 4.78 is 33.6. The van der Waals surface area contributed by atoms with Gasteiger partial charge >= 0.3 is 0 Å². The summed E-state index contributed by atoms with van der Waals surface area (Å²) >= 11 is 4.41. The highest BCUT2D eigenvalue weighted by molar-refractivity contribution is 7.78. The van der Waals surface area contributed by atoms with Gasteiger partial charge in [-0.25, -0.2) is 8.78 Å². The van der Waals surface area contributed by atoms with E-state index >= 15 is 0 Å². The van der Waals surface area contributed by atoms with Gasteiger partial charge in [-0.3, -0.25) is 0 Å². The molecule has 3 rings (SSSR count). The first-order valence-electron chi connectivity index (χ1n) is 9.03. The van der Waals surface area contributed by atoms with Crippen molar-refractivity contribution in [2.24, 2.45) is 4.99 Å². The van der Waals surface area contributed by atoms with E-state index in [0.29, 0.717) is 17.7 Å². The van der Waals surface area contributed by atoms with Gasteiger partial charge in [0.1, 0.15) is 11.4 Å². The predicted octanol–water partition coefficient (Wildman–Crippen LogP) is 6.55. The van der Waals surface area contributed by atoms with E-state index in [0.717, 1.165) is 23.3 Å². The molecular weight excluding hydrogens is 388 g/mol. The number of isothiocyanates is 1. The Morgan fingerprint density at radius 1 is 0.862 bits per heavy atom. The number of hydrogen-bond donors (Lipinski definition) is 0. The van der Waals surface area contributed by atoms with Crippen molar-refractivity contribution in [2.75, 3.05) is 6.61 Å². The smallest absolute Gasteiger partial charge is 0.153 e. The highest BCUT2D eigenvalue weighted by atomic mass is 32.1. The Hall–Kier alpha value is -3.32. The van der Waals surface area contributed by atoms with E-state index in [-0.39, 0.29) is 0 Å². The van der Waals surface area contributed by atoms with Crippen LogP contribution in [0.25, 0.3) is 11.1 Å². The second kappa shape index (κ2) is 9.75.